The SMILES string of the molecule is O=C(CN1CCCC(CNC(=O)C2CCCN2)C1)Nc1ccc(F)c(Cl)c1. The molecular weight excluding hydrogens is 371 g/mol. The first-order chi connectivity index (χ1) is 13.0. The molecule has 148 valence electrons. The third kappa shape index (κ3) is 5.89. The average molecular weight is 397 g/mol. The Labute approximate surface area is 163 Å². The molecule has 6 nitrogen and oxygen atoms in total. The van der Waals surface area contributed by atoms with E-state index in [1.165, 1.54) is 18.2 Å². The van der Waals surface area contributed by atoms with Gasteiger partial charge in [0.2, 0.25) is 11.8 Å². The lowest BCUT2D eigenvalue weighted by Crippen LogP contribution is -2.46. The molecule has 0 bridgehead atoms. The fraction of sp³-hybridized carbons (Fsp3) is 0.579. The number of hydrogen-bond acceptors (Lipinski definition) is 4. The average Bonchev–Trinajstić information content (AvgIpc) is 3.18. The summed E-state index contributed by atoms with van der Waals surface area (Å²) in [5, 5.41) is 8.98. The highest BCUT2D eigenvalue weighted by Crippen LogP contribution is 2.20. The number of piperidine rings is 1. The summed E-state index contributed by atoms with van der Waals surface area (Å²) in [6.45, 7) is 3.44. The Hall–Kier alpha value is -1.70. The van der Waals surface area contributed by atoms with Gasteiger partial charge in [-0.1, -0.05) is 11.6 Å². The molecule has 2 heterocycles. The zero-order chi connectivity index (χ0) is 19.2. The number of benzene rings is 1. The van der Waals surface area contributed by atoms with Gasteiger partial charge in [0, 0.05) is 18.8 Å². The van der Waals surface area contributed by atoms with Crippen LogP contribution in [0, 0.1) is 11.7 Å². The Morgan fingerprint density at radius 3 is 2.89 bits per heavy atom. The van der Waals surface area contributed by atoms with Crippen LogP contribution in [-0.2, 0) is 9.59 Å². The second-order valence-electron chi connectivity index (χ2n) is 7.31. The van der Waals surface area contributed by atoms with Crippen LogP contribution in [0.2, 0.25) is 5.02 Å². The van der Waals surface area contributed by atoms with Crippen molar-refractivity contribution < 1.29 is 14.0 Å². The molecule has 1 aromatic rings. The van der Waals surface area contributed by atoms with E-state index in [0.717, 1.165) is 45.3 Å². The van der Waals surface area contributed by atoms with Crippen molar-refractivity contribution in [2.75, 3.05) is 38.0 Å². The van der Waals surface area contributed by atoms with Gasteiger partial charge in [-0.15, -0.1) is 0 Å². The lowest BCUT2D eigenvalue weighted by molar-refractivity contribution is -0.123. The summed E-state index contributed by atoms with van der Waals surface area (Å²) in [6, 6.07) is 4.07. The first-order valence-corrected chi connectivity index (χ1v) is 9.87. The number of carbonyl (C=O) groups is 2. The van der Waals surface area contributed by atoms with E-state index in [-0.39, 0.29) is 29.4 Å². The molecule has 2 aliphatic heterocycles. The van der Waals surface area contributed by atoms with Gasteiger partial charge >= 0.3 is 0 Å². The molecule has 2 unspecified atom stereocenters. The maximum absolute atomic E-state index is 13.2. The van der Waals surface area contributed by atoms with Gasteiger partial charge in [0.15, 0.2) is 0 Å². The van der Waals surface area contributed by atoms with Crippen LogP contribution in [0.1, 0.15) is 25.7 Å². The highest BCUT2D eigenvalue weighted by molar-refractivity contribution is 6.31. The highest BCUT2D eigenvalue weighted by Gasteiger charge is 2.25. The van der Waals surface area contributed by atoms with Crippen LogP contribution >= 0.6 is 11.6 Å². The molecule has 0 saturated carbocycles. The maximum atomic E-state index is 13.2. The molecule has 0 spiro atoms. The van der Waals surface area contributed by atoms with Gasteiger partial charge in [0.05, 0.1) is 17.6 Å². The quantitative estimate of drug-likeness (QED) is 0.687. The number of hydrogen-bond donors (Lipinski definition) is 3. The van der Waals surface area contributed by atoms with Crippen molar-refractivity contribution in [2.24, 2.45) is 5.92 Å². The Bertz CT molecular complexity index is 682. The zero-order valence-electron chi connectivity index (χ0n) is 15.3. The van der Waals surface area contributed by atoms with Crippen molar-refractivity contribution in [3.63, 3.8) is 0 Å². The molecule has 0 radical (unpaired) electrons. The third-order valence-corrected chi connectivity index (χ3v) is 5.41. The summed E-state index contributed by atoms with van der Waals surface area (Å²) in [7, 11) is 0. The number of nitrogens with zero attached hydrogens (tertiary/aromatic N) is 1. The molecule has 2 saturated heterocycles. The van der Waals surface area contributed by atoms with Crippen LogP contribution < -0.4 is 16.0 Å². The predicted molar refractivity (Wildman–Crippen MR) is 103 cm³/mol. The van der Waals surface area contributed by atoms with Gasteiger partial charge in [-0.3, -0.25) is 14.5 Å². The molecule has 0 aromatic heterocycles. The van der Waals surface area contributed by atoms with Crippen molar-refractivity contribution in [1.82, 2.24) is 15.5 Å². The fourth-order valence-corrected chi connectivity index (χ4v) is 3.90. The largest absolute Gasteiger partial charge is 0.354 e. The second kappa shape index (κ2) is 9.48. The topological polar surface area (TPSA) is 73.5 Å². The number of halogens is 2. The minimum atomic E-state index is -0.511. The number of amides is 2. The van der Waals surface area contributed by atoms with Crippen molar-refractivity contribution in [1.29, 1.82) is 0 Å². The Balaban J connectivity index is 1.42. The van der Waals surface area contributed by atoms with Crippen LogP contribution in [0.3, 0.4) is 0 Å². The number of rotatable bonds is 6. The smallest absolute Gasteiger partial charge is 0.238 e. The second-order valence-corrected chi connectivity index (χ2v) is 7.72. The number of anilines is 1. The van der Waals surface area contributed by atoms with Gasteiger partial charge < -0.3 is 16.0 Å². The summed E-state index contributed by atoms with van der Waals surface area (Å²) in [6.07, 6.45) is 3.99. The Morgan fingerprint density at radius 1 is 1.30 bits per heavy atom. The van der Waals surface area contributed by atoms with Crippen LogP contribution in [0.15, 0.2) is 18.2 Å². The van der Waals surface area contributed by atoms with Gasteiger partial charge in [0.25, 0.3) is 0 Å². The lowest BCUT2D eigenvalue weighted by Gasteiger charge is -2.32. The maximum Gasteiger partial charge on any atom is 0.238 e. The van der Waals surface area contributed by atoms with E-state index in [0.29, 0.717) is 18.2 Å². The predicted octanol–water partition coefficient (Wildman–Crippen LogP) is 2.00. The van der Waals surface area contributed by atoms with E-state index < -0.39 is 5.82 Å². The monoisotopic (exact) mass is 396 g/mol. The van der Waals surface area contributed by atoms with Crippen LogP contribution in [0.25, 0.3) is 0 Å². The van der Waals surface area contributed by atoms with Crippen molar-refractivity contribution in [2.45, 2.75) is 31.7 Å². The van der Waals surface area contributed by atoms with E-state index in [1.54, 1.807) is 0 Å². The molecule has 2 amide bonds. The molecule has 0 aliphatic carbocycles. The van der Waals surface area contributed by atoms with Crippen LogP contribution in [0.4, 0.5) is 10.1 Å². The van der Waals surface area contributed by atoms with E-state index in [2.05, 4.69) is 20.9 Å². The lowest BCUT2D eigenvalue weighted by atomic mass is 9.98. The Morgan fingerprint density at radius 2 is 2.15 bits per heavy atom. The molecule has 2 fully saturated rings. The zero-order valence-corrected chi connectivity index (χ0v) is 16.0. The van der Waals surface area contributed by atoms with Crippen LogP contribution in [0.5, 0.6) is 0 Å². The molecule has 27 heavy (non-hydrogen) atoms. The van der Waals surface area contributed by atoms with Gasteiger partial charge in [0.1, 0.15) is 5.82 Å². The first-order valence-electron chi connectivity index (χ1n) is 9.49. The van der Waals surface area contributed by atoms with Crippen LogP contribution in [-0.4, -0.2) is 55.5 Å². The number of nitrogens with one attached hydrogen (secondary N) is 3. The molecule has 8 heteroatoms. The number of likely N-dealkylation sites (tertiary alicyclic amines) is 1. The van der Waals surface area contributed by atoms with E-state index in [4.69, 9.17) is 11.6 Å². The first kappa shape index (κ1) is 20.0. The Kier molecular flexibility index (Phi) is 7.04. The van der Waals surface area contributed by atoms with E-state index >= 15 is 0 Å². The van der Waals surface area contributed by atoms with E-state index in [1.807, 2.05) is 0 Å². The molecule has 2 atom stereocenters. The number of carbonyl (C=O) groups excluding carboxylic acids is 2. The van der Waals surface area contributed by atoms with Crippen molar-refractivity contribution in [3.05, 3.63) is 29.0 Å². The third-order valence-electron chi connectivity index (χ3n) is 5.12. The summed E-state index contributed by atoms with van der Waals surface area (Å²) in [4.78, 5) is 26.5. The normalized spacial score (nSPS) is 23.2. The molecule has 3 N–H and O–H groups in total. The minimum absolute atomic E-state index is 0.0154. The molecule has 3 rings (SSSR count). The van der Waals surface area contributed by atoms with Crippen molar-refractivity contribution >= 4 is 29.1 Å². The summed E-state index contributed by atoms with van der Waals surface area (Å²) in [5.41, 5.74) is 0.483. The fourth-order valence-electron chi connectivity index (χ4n) is 3.72. The van der Waals surface area contributed by atoms with E-state index in [9.17, 15) is 14.0 Å². The standard InChI is InChI=1S/C19H26ClFN4O2/c20-15-9-14(5-6-16(15)21)24-18(26)12-25-8-2-3-13(11-25)10-23-19(27)17-4-1-7-22-17/h5-6,9,13,17,22H,1-4,7-8,10-12H2,(H,23,27)(H,24,26). The van der Waals surface area contributed by atoms with Crippen molar-refractivity contribution in [3.8, 4) is 0 Å². The molecule has 1 aromatic carbocycles. The van der Waals surface area contributed by atoms with Gasteiger partial charge in [-0.25, -0.2) is 4.39 Å². The summed E-state index contributed by atoms with van der Waals surface area (Å²) < 4.78 is 13.2. The van der Waals surface area contributed by atoms with Gasteiger partial charge in [-0.05, 0) is 62.9 Å². The van der Waals surface area contributed by atoms with Gasteiger partial charge in [-0.2, -0.15) is 0 Å². The molecule has 2 aliphatic rings. The highest BCUT2D eigenvalue weighted by atomic mass is 35.5. The molecular formula is C19H26ClFN4O2. The summed E-state index contributed by atoms with van der Waals surface area (Å²) in [5.74, 6) is -0.242. The minimum Gasteiger partial charge on any atom is -0.354 e. The summed E-state index contributed by atoms with van der Waals surface area (Å²) >= 11 is 5.74.